The second-order valence-corrected chi connectivity index (χ2v) is 7.09. The van der Waals surface area contributed by atoms with E-state index in [1.807, 2.05) is 4.90 Å². The topological polar surface area (TPSA) is 78.7 Å². The summed E-state index contributed by atoms with van der Waals surface area (Å²) in [5, 5.41) is 6.42. The maximum absolute atomic E-state index is 14.0. The standard InChI is InChI=1S/C19H21FN4O3/c1-13-12-16(22-27-13)21-17(25)19(6-7-19)18(26)24-10-8-23(9-11-24)15-5-3-2-4-14(15)20/h2-5,12H,6-11H2,1H3,(H,21,22,25). The van der Waals surface area contributed by atoms with E-state index in [4.69, 9.17) is 4.52 Å². The number of halogens is 1. The molecule has 1 N–H and O–H groups in total. The van der Waals surface area contributed by atoms with Gasteiger partial charge in [0, 0.05) is 32.2 Å². The summed E-state index contributed by atoms with van der Waals surface area (Å²) < 4.78 is 18.9. The maximum atomic E-state index is 14.0. The van der Waals surface area contributed by atoms with Crippen LogP contribution in [0.25, 0.3) is 0 Å². The van der Waals surface area contributed by atoms with E-state index in [0.717, 1.165) is 0 Å². The van der Waals surface area contributed by atoms with Crippen molar-refractivity contribution < 1.29 is 18.5 Å². The van der Waals surface area contributed by atoms with Gasteiger partial charge in [-0.1, -0.05) is 17.3 Å². The Morgan fingerprint density at radius 3 is 2.48 bits per heavy atom. The van der Waals surface area contributed by atoms with Crippen LogP contribution in [0.2, 0.25) is 0 Å². The van der Waals surface area contributed by atoms with Crippen LogP contribution in [-0.2, 0) is 9.59 Å². The molecular weight excluding hydrogens is 351 g/mol. The van der Waals surface area contributed by atoms with Crippen LogP contribution in [0.1, 0.15) is 18.6 Å². The van der Waals surface area contributed by atoms with Gasteiger partial charge < -0.3 is 19.6 Å². The molecule has 142 valence electrons. The van der Waals surface area contributed by atoms with Gasteiger partial charge in [-0.15, -0.1) is 0 Å². The fraction of sp³-hybridized carbons (Fsp3) is 0.421. The molecule has 0 bridgehead atoms. The Hall–Kier alpha value is -2.90. The van der Waals surface area contributed by atoms with Crippen molar-refractivity contribution in [3.05, 3.63) is 41.9 Å². The van der Waals surface area contributed by atoms with Gasteiger partial charge in [0.2, 0.25) is 11.8 Å². The molecule has 1 aliphatic heterocycles. The predicted molar refractivity (Wildman–Crippen MR) is 96.7 cm³/mol. The van der Waals surface area contributed by atoms with Crippen LogP contribution in [0.3, 0.4) is 0 Å². The molecule has 0 unspecified atom stereocenters. The van der Waals surface area contributed by atoms with Crippen LogP contribution in [-0.4, -0.2) is 48.0 Å². The quantitative estimate of drug-likeness (QED) is 0.833. The lowest BCUT2D eigenvalue weighted by Crippen LogP contribution is -2.52. The molecule has 7 nitrogen and oxygen atoms in total. The Morgan fingerprint density at radius 1 is 1.19 bits per heavy atom. The molecule has 8 heteroatoms. The number of nitrogens with zero attached hydrogens (tertiary/aromatic N) is 3. The van der Waals surface area contributed by atoms with Gasteiger partial charge in [0.25, 0.3) is 0 Å². The fourth-order valence-electron chi connectivity index (χ4n) is 3.49. The van der Waals surface area contributed by atoms with E-state index in [1.54, 1.807) is 36.1 Å². The summed E-state index contributed by atoms with van der Waals surface area (Å²) >= 11 is 0. The van der Waals surface area contributed by atoms with Crippen LogP contribution in [0.15, 0.2) is 34.9 Å². The molecule has 0 radical (unpaired) electrons. The van der Waals surface area contributed by atoms with Crippen molar-refractivity contribution in [3.8, 4) is 0 Å². The summed E-state index contributed by atoms with van der Waals surface area (Å²) in [5.74, 6) is 0.149. The van der Waals surface area contributed by atoms with Crippen LogP contribution < -0.4 is 10.2 Å². The number of aromatic nitrogens is 1. The molecule has 2 fully saturated rings. The molecule has 1 saturated carbocycles. The molecule has 27 heavy (non-hydrogen) atoms. The monoisotopic (exact) mass is 372 g/mol. The average molecular weight is 372 g/mol. The summed E-state index contributed by atoms with van der Waals surface area (Å²) in [6.07, 6.45) is 1.06. The number of anilines is 2. The number of rotatable bonds is 4. The number of amides is 2. The Morgan fingerprint density at radius 2 is 1.89 bits per heavy atom. The fourth-order valence-corrected chi connectivity index (χ4v) is 3.49. The Kier molecular flexibility index (Phi) is 4.33. The van der Waals surface area contributed by atoms with E-state index in [9.17, 15) is 14.0 Å². The zero-order valence-electron chi connectivity index (χ0n) is 15.1. The van der Waals surface area contributed by atoms with Crippen LogP contribution in [0.4, 0.5) is 15.9 Å². The third-order valence-electron chi connectivity index (χ3n) is 5.22. The van der Waals surface area contributed by atoms with Gasteiger partial charge in [0.15, 0.2) is 5.82 Å². The largest absolute Gasteiger partial charge is 0.366 e. The van der Waals surface area contributed by atoms with E-state index < -0.39 is 5.41 Å². The first-order valence-electron chi connectivity index (χ1n) is 9.03. The van der Waals surface area contributed by atoms with Gasteiger partial charge in [0.05, 0.1) is 5.69 Å². The molecule has 2 aliphatic rings. The first kappa shape index (κ1) is 17.5. The minimum atomic E-state index is -1.01. The molecule has 1 aromatic heterocycles. The van der Waals surface area contributed by atoms with Crippen molar-refractivity contribution in [1.82, 2.24) is 10.1 Å². The normalized spacial score (nSPS) is 18.3. The summed E-state index contributed by atoms with van der Waals surface area (Å²) in [5.41, 5.74) is -0.461. The molecule has 0 spiro atoms. The number of nitrogens with one attached hydrogen (secondary N) is 1. The van der Waals surface area contributed by atoms with E-state index in [1.165, 1.54) is 6.07 Å². The van der Waals surface area contributed by atoms with Crippen molar-refractivity contribution in [3.63, 3.8) is 0 Å². The van der Waals surface area contributed by atoms with Gasteiger partial charge in [-0.2, -0.15) is 0 Å². The first-order chi connectivity index (χ1) is 13.0. The average Bonchev–Trinajstić information content (AvgIpc) is 3.39. The van der Waals surface area contributed by atoms with Gasteiger partial charge in [0.1, 0.15) is 17.0 Å². The molecular formula is C19H21FN4O3. The molecule has 4 rings (SSSR count). The van der Waals surface area contributed by atoms with Gasteiger partial charge in [-0.25, -0.2) is 4.39 Å². The highest BCUT2D eigenvalue weighted by Crippen LogP contribution is 2.48. The zero-order chi connectivity index (χ0) is 19.0. The maximum Gasteiger partial charge on any atom is 0.241 e. The molecule has 2 heterocycles. The second-order valence-electron chi connectivity index (χ2n) is 7.09. The van der Waals surface area contributed by atoms with Crippen LogP contribution in [0.5, 0.6) is 0 Å². The third kappa shape index (κ3) is 3.27. The lowest BCUT2D eigenvalue weighted by atomic mass is 10.0. The number of aryl methyl sites for hydroxylation is 1. The van der Waals surface area contributed by atoms with Crippen molar-refractivity contribution in [2.45, 2.75) is 19.8 Å². The van der Waals surface area contributed by atoms with E-state index in [2.05, 4.69) is 10.5 Å². The molecule has 1 saturated heterocycles. The smallest absolute Gasteiger partial charge is 0.241 e. The van der Waals surface area contributed by atoms with Gasteiger partial charge >= 0.3 is 0 Å². The summed E-state index contributed by atoms with van der Waals surface area (Å²) in [7, 11) is 0. The molecule has 0 atom stereocenters. The number of para-hydroxylation sites is 1. The van der Waals surface area contributed by atoms with Crippen LogP contribution in [0, 0.1) is 18.2 Å². The van der Waals surface area contributed by atoms with Gasteiger partial charge in [-0.3, -0.25) is 9.59 Å². The van der Waals surface area contributed by atoms with Crippen molar-refractivity contribution in [1.29, 1.82) is 0 Å². The van der Waals surface area contributed by atoms with Crippen molar-refractivity contribution in [2.24, 2.45) is 5.41 Å². The predicted octanol–water partition coefficient (Wildman–Crippen LogP) is 2.19. The van der Waals surface area contributed by atoms with E-state index >= 15 is 0 Å². The van der Waals surface area contributed by atoms with Crippen molar-refractivity contribution in [2.75, 3.05) is 36.4 Å². The number of benzene rings is 1. The number of hydrogen-bond acceptors (Lipinski definition) is 5. The number of hydrogen-bond donors (Lipinski definition) is 1. The van der Waals surface area contributed by atoms with E-state index in [-0.39, 0.29) is 17.6 Å². The lowest BCUT2D eigenvalue weighted by Gasteiger charge is -2.37. The zero-order valence-corrected chi connectivity index (χ0v) is 15.1. The molecule has 2 amide bonds. The van der Waals surface area contributed by atoms with E-state index in [0.29, 0.717) is 56.3 Å². The molecule has 1 aromatic carbocycles. The SMILES string of the molecule is Cc1cc(NC(=O)C2(C(=O)N3CCN(c4ccccc4F)CC3)CC2)no1. The molecule has 2 aromatic rings. The number of piperazine rings is 1. The van der Waals surface area contributed by atoms with Crippen LogP contribution >= 0.6 is 0 Å². The summed E-state index contributed by atoms with van der Waals surface area (Å²) in [6, 6.07) is 8.24. The Balaban J connectivity index is 1.39. The Bertz CT molecular complexity index is 869. The number of carbonyl (C=O) groups is 2. The van der Waals surface area contributed by atoms with Crippen molar-refractivity contribution >= 4 is 23.3 Å². The summed E-state index contributed by atoms with van der Waals surface area (Å²) in [4.78, 5) is 29.2. The molecule has 1 aliphatic carbocycles. The lowest BCUT2D eigenvalue weighted by molar-refractivity contribution is -0.142. The highest BCUT2D eigenvalue weighted by molar-refractivity contribution is 6.12. The highest BCUT2D eigenvalue weighted by Gasteiger charge is 2.58. The minimum Gasteiger partial charge on any atom is -0.366 e. The third-order valence-corrected chi connectivity index (χ3v) is 5.22. The van der Waals surface area contributed by atoms with Gasteiger partial charge in [-0.05, 0) is 31.9 Å². The summed E-state index contributed by atoms with van der Waals surface area (Å²) in [6.45, 7) is 3.73. The second kappa shape index (κ2) is 6.68. The first-order valence-corrected chi connectivity index (χ1v) is 9.03. The number of carbonyl (C=O) groups excluding carboxylic acids is 2. The minimum absolute atomic E-state index is 0.159. The Labute approximate surface area is 156 Å². The highest BCUT2D eigenvalue weighted by atomic mass is 19.1.